The van der Waals surface area contributed by atoms with Crippen molar-refractivity contribution in [3.8, 4) is 0 Å². The van der Waals surface area contributed by atoms with Crippen LogP contribution in [0.3, 0.4) is 0 Å². The average Bonchev–Trinajstić information content (AvgIpc) is 2.74. The van der Waals surface area contributed by atoms with Gasteiger partial charge in [0.05, 0.1) is 11.1 Å². The number of halogens is 1. The fourth-order valence-electron chi connectivity index (χ4n) is 3.40. The number of aromatic carboxylic acids is 1. The number of rotatable bonds is 6. The molecule has 0 unspecified atom stereocenters. The number of nitrogens with zero attached hydrogens (tertiary/aromatic N) is 2. The third kappa shape index (κ3) is 5.19. The smallest absolute Gasteiger partial charge is 0.335 e. The summed E-state index contributed by atoms with van der Waals surface area (Å²) in [6.07, 6.45) is 2.06. The predicted octanol–water partition coefficient (Wildman–Crippen LogP) is 2.83. The van der Waals surface area contributed by atoms with Crippen LogP contribution in [0.15, 0.2) is 48.5 Å². The number of piperazine rings is 1. The largest absolute Gasteiger partial charge is 0.478 e. The summed E-state index contributed by atoms with van der Waals surface area (Å²) in [6.45, 7) is 1.46. The minimum Gasteiger partial charge on any atom is -0.478 e. The van der Waals surface area contributed by atoms with Gasteiger partial charge in [-0.15, -0.1) is 0 Å². The summed E-state index contributed by atoms with van der Waals surface area (Å²) < 4.78 is 14.1. The summed E-state index contributed by atoms with van der Waals surface area (Å²) in [7, 11) is 0. The van der Waals surface area contributed by atoms with E-state index in [1.54, 1.807) is 4.90 Å². The summed E-state index contributed by atoms with van der Waals surface area (Å²) in [5.41, 5.74) is 0.842. The highest BCUT2D eigenvalue weighted by atomic mass is 19.1. The van der Waals surface area contributed by atoms with Crippen LogP contribution >= 0.6 is 0 Å². The summed E-state index contributed by atoms with van der Waals surface area (Å²) in [4.78, 5) is 39.1. The molecule has 3 rings (SSSR count). The molecule has 29 heavy (non-hydrogen) atoms. The van der Waals surface area contributed by atoms with Gasteiger partial charge in [-0.1, -0.05) is 30.3 Å². The molecule has 0 spiro atoms. The van der Waals surface area contributed by atoms with E-state index in [0.717, 1.165) is 18.9 Å². The van der Waals surface area contributed by atoms with E-state index in [4.69, 9.17) is 5.11 Å². The van der Waals surface area contributed by atoms with E-state index in [9.17, 15) is 18.8 Å². The first-order valence-corrected chi connectivity index (χ1v) is 9.59. The van der Waals surface area contributed by atoms with Gasteiger partial charge in [0, 0.05) is 32.6 Å². The first-order chi connectivity index (χ1) is 14.0. The maximum atomic E-state index is 14.1. The zero-order valence-corrected chi connectivity index (χ0v) is 16.0. The molecular weight excluding hydrogens is 375 g/mol. The second-order valence-corrected chi connectivity index (χ2v) is 7.01. The molecule has 0 aromatic heterocycles. The van der Waals surface area contributed by atoms with Crippen molar-refractivity contribution in [3.63, 3.8) is 0 Å². The number of carbonyl (C=O) groups is 3. The van der Waals surface area contributed by atoms with Gasteiger partial charge in [-0.3, -0.25) is 9.59 Å². The Morgan fingerprint density at radius 3 is 2.21 bits per heavy atom. The minimum atomic E-state index is -1.25. The second-order valence-electron chi connectivity index (χ2n) is 7.01. The first kappa shape index (κ1) is 20.5. The molecule has 152 valence electrons. The van der Waals surface area contributed by atoms with Crippen LogP contribution in [0.1, 0.15) is 39.1 Å². The van der Waals surface area contributed by atoms with E-state index >= 15 is 0 Å². The Bertz CT molecular complexity index is 893. The van der Waals surface area contributed by atoms with Gasteiger partial charge >= 0.3 is 5.97 Å². The van der Waals surface area contributed by atoms with Crippen molar-refractivity contribution in [2.75, 3.05) is 26.2 Å². The van der Waals surface area contributed by atoms with Gasteiger partial charge in [0.25, 0.3) is 5.91 Å². The van der Waals surface area contributed by atoms with E-state index < -0.39 is 17.7 Å². The molecule has 0 bridgehead atoms. The number of carboxylic acids is 1. The Hall–Kier alpha value is -3.22. The lowest BCUT2D eigenvalue weighted by Gasteiger charge is -2.35. The van der Waals surface area contributed by atoms with Crippen LogP contribution in [0, 0.1) is 5.82 Å². The number of carbonyl (C=O) groups excluding carboxylic acids is 2. The van der Waals surface area contributed by atoms with Gasteiger partial charge in [-0.25, -0.2) is 9.18 Å². The van der Waals surface area contributed by atoms with Crippen LogP contribution in [0.4, 0.5) is 4.39 Å². The molecule has 1 heterocycles. The summed E-state index contributed by atoms with van der Waals surface area (Å²) >= 11 is 0. The maximum absolute atomic E-state index is 14.1. The molecule has 0 saturated carbocycles. The standard InChI is InChI=1S/C22H23FN2O4/c23-19-15-17(22(28)29)9-10-18(19)21(27)25-13-11-24(12-14-25)20(26)8-4-7-16-5-2-1-3-6-16/h1-3,5-6,9-10,15H,4,7-8,11-14H2,(H,28,29). The average molecular weight is 398 g/mol. The molecular formula is C22H23FN2O4. The number of hydrogen-bond acceptors (Lipinski definition) is 3. The van der Waals surface area contributed by atoms with E-state index in [-0.39, 0.29) is 17.0 Å². The monoisotopic (exact) mass is 398 g/mol. The van der Waals surface area contributed by atoms with Gasteiger partial charge in [0.1, 0.15) is 5.82 Å². The van der Waals surface area contributed by atoms with Crippen LogP contribution in [-0.4, -0.2) is 58.9 Å². The molecule has 1 N–H and O–H groups in total. The zero-order valence-electron chi connectivity index (χ0n) is 16.0. The van der Waals surface area contributed by atoms with Crippen molar-refractivity contribution in [2.24, 2.45) is 0 Å². The van der Waals surface area contributed by atoms with Crippen LogP contribution in [0.2, 0.25) is 0 Å². The second kappa shape index (κ2) is 9.32. The molecule has 0 aliphatic carbocycles. The Morgan fingerprint density at radius 2 is 1.59 bits per heavy atom. The van der Waals surface area contributed by atoms with E-state index in [1.807, 2.05) is 30.3 Å². The highest BCUT2D eigenvalue weighted by Gasteiger charge is 2.26. The van der Waals surface area contributed by atoms with Crippen molar-refractivity contribution in [3.05, 3.63) is 71.0 Å². The van der Waals surface area contributed by atoms with Gasteiger partial charge in [0.15, 0.2) is 0 Å². The van der Waals surface area contributed by atoms with Crippen LogP contribution in [0.5, 0.6) is 0 Å². The Labute approximate surface area is 168 Å². The number of benzene rings is 2. The zero-order chi connectivity index (χ0) is 20.8. The molecule has 1 fully saturated rings. The Morgan fingerprint density at radius 1 is 0.931 bits per heavy atom. The molecule has 1 saturated heterocycles. The fraction of sp³-hybridized carbons (Fsp3) is 0.318. The number of amides is 2. The summed E-state index contributed by atoms with van der Waals surface area (Å²) in [6, 6.07) is 13.3. The molecule has 2 aromatic rings. The maximum Gasteiger partial charge on any atom is 0.335 e. The van der Waals surface area contributed by atoms with Crippen molar-refractivity contribution >= 4 is 17.8 Å². The molecule has 6 nitrogen and oxygen atoms in total. The third-order valence-corrected chi connectivity index (χ3v) is 5.06. The molecule has 2 amide bonds. The quantitative estimate of drug-likeness (QED) is 0.812. The summed E-state index contributed by atoms with van der Waals surface area (Å²) in [5.74, 6) is -2.53. The van der Waals surface area contributed by atoms with Crippen molar-refractivity contribution in [1.82, 2.24) is 9.80 Å². The summed E-state index contributed by atoms with van der Waals surface area (Å²) in [5, 5.41) is 8.90. The van der Waals surface area contributed by atoms with E-state index in [2.05, 4.69) is 0 Å². The molecule has 1 aliphatic rings. The highest BCUT2D eigenvalue weighted by molar-refractivity contribution is 5.96. The lowest BCUT2D eigenvalue weighted by molar-refractivity contribution is -0.132. The van der Waals surface area contributed by atoms with Crippen molar-refractivity contribution in [1.29, 1.82) is 0 Å². The van der Waals surface area contributed by atoms with E-state index in [1.165, 1.54) is 22.6 Å². The van der Waals surface area contributed by atoms with Gasteiger partial charge in [-0.2, -0.15) is 0 Å². The van der Waals surface area contributed by atoms with Crippen LogP contribution in [0.25, 0.3) is 0 Å². The SMILES string of the molecule is O=C(O)c1ccc(C(=O)N2CCN(C(=O)CCCc3ccccc3)CC2)c(F)c1. The fourth-order valence-corrected chi connectivity index (χ4v) is 3.40. The Balaban J connectivity index is 1.49. The first-order valence-electron chi connectivity index (χ1n) is 9.59. The van der Waals surface area contributed by atoms with Crippen molar-refractivity contribution < 1.29 is 23.9 Å². The molecule has 2 aromatic carbocycles. The van der Waals surface area contributed by atoms with Crippen molar-refractivity contribution in [2.45, 2.75) is 19.3 Å². The van der Waals surface area contributed by atoms with Gasteiger partial charge in [0.2, 0.25) is 5.91 Å². The molecule has 1 aliphatic heterocycles. The predicted molar refractivity (Wildman–Crippen MR) is 105 cm³/mol. The normalized spacial score (nSPS) is 14.0. The Kier molecular flexibility index (Phi) is 6.59. The van der Waals surface area contributed by atoms with E-state index in [0.29, 0.717) is 32.6 Å². The lowest BCUT2D eigenvalue weighted by atomic mass is 10.1. The third-order valence-electron chi connectivity index (χ3n) is 5.06. The number of aryl methyl sites for hydroxylation is 1. The minimum absolute atomic E-state index is 0.0602. The van der Waals surface area contributed by atoms with Gasteiger partial charge < -0.3 is 14.9 Å². The molecule has 0 atom stereocenters. The molecule has 0 radical (unpaired) electrons. The number of hydrogen-bond donors (Lipinski definition) is 1. The highest BCUT2D eigenvalue weighted by Crippen LogP contribution is 2.16. The van der Waals surface area contributed by atoms with Crippen LogP contribution in [-0.2, 0) is 11.2 Å². The van der Waals surface area contributed by atoms with Gasteiger partial charge in [-0.05, 0) is 36.6 Å². The topological polar surface area (TPSA) is 77.9 Å². The van der Waals surface area contributed by atoms with Crippen LogP contribution < -0.4 is 0 Å². The number of carboxylic acid groups (broad SMARTS) is 1. The lowest BCUT2D eigenvalue weighted by Crippen LogP contribution is -2.50. The molecule has 7 heteroatoms.